The molecule has 0 bridgehead atoms. The van der Waals surface area contributed by atoms with Crippen molar-refractivity contribution in [3.05, 3.63) is 66.6 Å². The van der Waals surface area contributed by atoms with Crippen molar-refractivity contribution in [3.8, 4) is 16.3 Å². The first kappa shape index (κ1) is 18.3. The first-order chi connectivity index (χ1) is 13.5. The van der Waals surface area contributed by atoms with Gasteiger partial charge in [0.25, 0.3) is 10.0 Å². The van der Waals surface area contributed by atoms with Gasteiger partial charge < -0.3 is 4.74 Å². The van der Waals surface area contributed by atoms with Gasteiger partial charge in [0.15, 0.2) is 0 Å². The van der Waals surface area contributed by atoms with Crippen molar-refractivity contribution in [2.45, 2.75) is 4.90 Å². The van der Waals surface area contributed by atoms with E-state index in [1.54, 1.807) is 30.5 Å². The fourth-order valence-electron chi connectivity index (χ4n) is 2.61. The number of pyridine rings is 1. The predicted molar refractivity (Wildman–Crippen MR) is 107 cm³/mol. The SMILES string of the molecule is COc1ccc(S(=O)(=O)Nc2ccc(-c3nc4cccnc4s3)cc2)c(F)c1. The van der Waals surface area contributed by atoms with Crippen molar-refractivity contribution in [2.24, 2.45) is 0 Å². The molecule has 28 heavy (non-hydrogen) atoms. The van der Waals surface area contributed by atoms with E-state index in [2.05, 4.69) is 14.7 Å². The number of aromatic nitrogens is 2. The number of nitrogens with zero attached hydrogens (tertiary/aromatic N) is 2. The molecule has 0 saturated heterocycles. The molecule has 0 saturated carbocycles. The third-order valence-corrected chi connectivity index (χ3v) is 6.42. The maximum absolute atomic E-state index is 14.1. The number of fused-ring (bicyclic) bond motifs is 1. The molecule has 4 rings (SSSR count). The lowest BCUT2D eigenvalue weighted by Gasteiger charge is -2.10. The summed E-state index contributed by atoms with van der Waals surface area (Å²) in [5.74, 6) is -0.642. The Bertz CT molecular complexity index is 1220. The summed E-state index contributed by atoms with van der Waals surface area (Å²) in [6, 6.07) is 14.0. The highest BCUT2D eigenvalue weighted by Gasteiger charge is 2.20. The second-order valence-electron chi connectivity index (χ2n) is 5.83. The van der Waals surface area contributed by atoms with Crippen LogP contribution < -0.4 is 9.46 Å². The number of sulfonamides is 1. The minimum absolute atomic E-state index is 0.242. The van der Waals surface area contributed by atoms with Crippen molar-refractivity contribution >= 4 is 37.4 Å². The van der Waals surface area contributed by atoms with Crippen LogP contribution >= 0.6 is 11.3 Å². The molecule has 0 spiro atoms. The Balaban J connectivity index is 1.58. The molecule has 2 aromatic carbocycles. The summed E-state index contributed by atoms with van der Waals surface area (Å²) in [5.41, 5.74) is 1.96. The number of methoxy groups -OCH3 is 1. The van der Waals surface area contributed by atoms with Crippen LogP contribution in [0.3, 0.4) is 0 Å². The smallest absolute Gasteiger partial charge is 0.264 e. The van der Waals surface area contributed by atoms with Gasteiger partial charge in [-0.1, -0.05) is 11.3 Å². The van der Waals surface area contributed by atoms with Crippen LogP contribution in [0, 0.1) is 5.82 Å². The van der Waals surface area contributed by atoms with E-state index >= 15 is 0 Å². The Hall–Kier alpha value is -3.04. The van der Waals surface area contributed by atoms with Gasteiger partial charge in [-0.25, -0.2) is 22.8 Å². The number of anilines is 1. The summed E-state index contributed by atoms with van der Waals surface area (Å²) in [7, 11) is -2.69. The van der Waals surface area contributed by atoms with Gasteiger partial charge in [0.05, 0.1) is 7.11 Å². The van der Waals surface area contributed by atoms with Gasteiger partial charge >= 0.3 is 0 Å². The van der Waals surface area contributed by atoms with E-state index in [1.807, 2.05) is 12.1 Å². The van der Waals surface area contributed by atoms with E-state index in [9.17, 15) is 12.8 Å². The number of hydrogen-bond acceptors (Lipinski definition) is 6. The molecule has 9 heteroatoms. The molecular formula is C19H14FN3O3S2. The molecule has 0 radical (unpaired) electrons. The normalized spacial score (nSPS) is 11.5. The number of rotatable bonds is 5. The van der Waals surface area contributed by atoms with Crippen molar-refractivity contribution < 1.29 is 17.5 Å². The number of ether oxygens (including phenoxy) is 1. The van der Waals surface area contributed by atoms with E-state index in [0.717, 1.165) is 27.0 Å². The fourth-order valence-corrected chi connectivity index (χ4v) is 4.64. The van der Waals surface area contributed by atoms with Crippen LogP contribution in [0.5, 0.6) is 5.75 Å². The first-order valence-electron chi connectivity index (χ1n) is 8.14. The minimum Gasteiger partial charge on any atom is -0.497 e. The zero-order valence-corrected chi connectivity index (χ0v) is 16.2. The van der Waals surface area contributed by atoms with Crippen molar-refractivity contribution in [3.63, 3.8) is 0 Å². The lowest BCUT2D eigenvalue weighted by atomic mass is 10.2. The van der Waals surface area contributed by atoms with Crippen LogP contribution in [-0.2, 0) is 10.0 Å². The Labute approximate surface area is 164 Å². The molecule has 0 aliphatic heterocycles. The van der Waals surface area contributed by atoms with Gasteiger partial charge in [0, 0.05) is 23.5 Å². The lowest BCUT2D eigenvalue weighted by molar-refractivity contribution is 0.410. The molecule has 1 N–H and O–H groups in total. The van der Waals surface area contributed by atoms with E-state index in [0.29, 0.717) is 5.69 Å². The third-order valence-electron chi connectivity index (χ3n) is 3.98. The highest BCUT2D eigenvalue weighted by molar-refractivity contribution is 7.92. The maximum Gasteiger partial charge on any atom is 0.264 e. The van der Waals surface area contributed by atoms with Gasteiger partial charge in [-0.15, -0.1) is 0 Å². The quantitative estimate of drug-likeness (QED) is 0.525. The van der Waals surface area contributed by atoms with Crippen LogP contribution in [0.4, 0.5) is 10.1 Å². The Morgan fingerprint density at radius 1 is 1.11 bits per heavy atom. The van der Waals surface area contributed by atoms with Crippen LogP contribution in [0.15, 0.2) is 65.7 Å². The summed E-state index contributed by atoms with van der Waals surface area (Å²) >= 11 is 1.45. The summed E-state index contributed by atoms with van der Waals surface area (Å²) in [4.78, 5) is 9.17. The fraction of sp³-hybridized carbons (Fsp3) is 0.0526. The molecule has 0 aliphatic carbocycles. The van der Waals surface area contributed by atoms with Gasteiger partial charge in [0.1, 0.15) is 31.8 Å². The molecule has 142 valence electrons. The molecular weight excluding hydrogens is 401 g/mol. The van der Waals surface area contributed by atoms with Crippen LogP contribution in [0.2, 0.25) is 0 Å². The summed E-state index contributed by atoms with van der Waals surface area (Å²) in [6.45, 7) is 0. The zero-order valence-electron chi connectivity index (χ0n) is 14.6. The average Bonchev–Trinajstić information content (AvgIpc) is 3.12. The van der Waals surface area contributed by atoms with Gasteiger partial charge in [-0.05, 0) is 48.5 Å². The third kappa shape index (κ3) is 3.54. The molecule has 2 heterocycles. The van der Waals surface area contributed by atoms with E-state index < -0.39 is 20.7 Å². The summed E-state index contributed by atoms with van der Waals surface area (Å²) in [5, 5.41) is 0.782. The molecule has 0 aliphatic rings. The number of halogens is 1. The Morgan fingerprint density at radius 2 is 1.89 bits per heavy atom. The molecule has 0 atom stereocenters. The standard InChI is InChI=1S/C19H14FN3O3S2/c1-26-14-8-9-17(15(20)11-14)28(24,25)23-13-6-4-12(5-7-13)18-22-16-3-2-10-21-19(16)27-18/h2-11,23H,1H3. The van der Waals surface area contributed by atoms with Crippen molar-refractivity contribution in [1.82, 2.24) is 9.97 Å². The molecule has 4 aromatic rings. The van der Waals surface area contributed by atoms with E-state index in [4.69, 9.17) is 4.74 Å². The van der Waals surface area contributed by atoms with Gasteiger partial charge in [-0.2, -0.15) is 0 Å². The first-order valence-corrected chi connectivity index (χ1v) is 10.4. The summed E-state index contributed by atoms with van der Waals surface area (Å²) < 4.78 is 46.4. The Kier molecular flexibility index (Phi) is 4.70. The maximum atomic E-state index is 14.1. The second-order valence-corrected chi connectivity index (χ2v) is 8.45. The number of hydrogen-bond donors (Lipinski definition) is 1. The van der Waals surface area contributed by atoms with Crippen molar-refractivity contribution in [1.29, 1.82) is 0 Å². The molecule has 0 amide bonds. The minimum atomic E-state index is -4.07. The lowest BCUT2D eigenvalue weighted by Crippen LogP contribution is -2.14. The van der Waals surface area contributed by atoms with E-state index in [1.165, 1.54) is 30.6 Å². The molecule has 0 fully saturated rings. The topological polar surface area (TPSA) is 81.2 Å². The van der Waals surface area contributed by atoms with Gasteiger partial charge in [-0.3, -0.25) is 4.72 Å². The zero-order chi connectivity index (χ0) is 19.7. The van der Waals surface area contributed by atoms with Crippen LogP contribution in [0.1, 0.15) is 0 Å². The van der Waals surface area contributed by atoms with Crippen molar-refractivity contribution in [2.75, 3.05) is 11.8 Å². The molecule has 0 unspecified atom stereocenters. The van der Waals surface area contributed by atoms with E-state index in [-0.39, 0.29) is 5.75 Å². The van der Waals surface area contributed by atoms with Crippen LogP contribution in [0.25, 0.3) is 20.9 Å². The highest BCUT2D eigenvalue weighted by Crippen LogP contribution is 2.30. The van der Waals surface area contributed by atoms with Crippen LogP contribution in [-0.4, -0.2) is 25.5 Å². The average molecular weight is 415 g/mol. The summed E-state index contributed by atoms with van der Waals surface area (Å²) in [6.07, 6.45) is 1.71. The largest absolute Gasteiger partial charge is 0.497 e. The Morgan fingerprint density at radius 3 is 2.57 bits per heavy atom. The van der Waals surface area contributed by atoms with Gasteiger partial charge in [0.2, 0.25) is 0 Å². The molecule has 6 nitrogen and oxygen atoms in total. The predicted octanol–water partition coefficient (Wildman–Crippen LogP) is 4.31. The number of benzene rings is 2. The highest BCUT2D eigenvalue weighted by atomic mass is 32.2. The molecule has 2 aromatic heterocycles. The second kappa shape index (κ2) is 7.17. The monoisotopic (exact) mass is 415 g/mol. The number of thiazole rings is 1. The number of nitrogens with one attached hydrogen (secondary N) is 1.